The highest BCUT2D eigenvalue weighted by Gasteiger charge is 2.31. The number of carbonyl (C=O) groups excluding carboxylic acids is 3. The Morgan fingerprint density at radius 3 is 2.12 bits per heavy atom. The Kier molecular flexibility index (Phi) is 12.2. The van der Waals surface area contributed by atoms with Gasteiger partial charge in [0, 0.05) is 6.42 Å². The summed E-state index contributed by atoms with van der Waals surface area (Å²) in [7, 11) is 0. The predicted octanol–water partition coefficient (Wildman–Crippen LogP) is -2.74. The van der Waals surface area contributed by atoms with Crippen molar-refractivity contribution in [3.63, 3.8) is 0 Å². The van der Waals surface area contributed by atoms with Crippen LogP contribution < -0.4 is 27.0 Å². The second-order valence-corrected chi connectivity index (χ2v) is 7.57. The SMILES string of the molecule is NCCCCC(NC(=O)C(CO)NC(=O)C1CCCN1)C(=O)NC(CCC(=O)O)C(=O)O. The molecule has 1 fully saturated rings. The van der Waals surface area contributed by atoms with Crippen LogP contribution in [0.15, 0.2) is 0 Å². The number of rotatable bonds is 15. The molecule has 0 bridgehead atoms. The van der Waals surface area contributed by atoms with Gasteiger partial charge in [0.15, 0.2) is 0 Å². The molecule has 0 spiro atoms. The number of aliphatic hydroxyl groups excluding tert-OH is 1. The maximum Gasteiger partial charge on any atom is 0.326 e. The lowest BCUT2D eigenvalue weighted by Crippen LogP contribution is -2.58. The average Bonchev–Trinajstić information content (AvgIpc) is 3.28. The van der Waals surface area contributed by atoms with Gasteiger partial charge >= 0.3 is 11.9 Å². The smallest absolute Gasteiger partial charge is 0.326 e. The minimum absolute atomic E-state index is 0.135. The molecule has 0 aromatic rings. The quantitative estimate of drug-likeness (QED) is 0.118. The van der Waals surface area contributed by atoms with E-state index in [4.69, 9.17) is 10.8 Å². The van der Waals surface area contributed by atoms with E-state index in [2.05, 4.69) is 21.3 Å². The first-order valence-electron chi connectivity index (χ1n) is 10.6. The monoisotopic (exact) mass is 459 g/mol. The van der Waals surface area contributed by atoms with E-state index in [0.717, 1.165) is 6.42 Å². The molecule has 3 amide bonds. The number of amides is 3. The van der Waals surface area contributed by atoms with Crippen molar-refractivity contribution in [1.82, 2.24) is 21.3 Å². The van der Waals surface area contributed by atoms with Crippen LogP contribution in [0.3, 0.4) is 0 Å². The van der Waals surface area contributed by atoms with Crippen LogP contribution in [0, 0.1) is 0 Å². The van der Waals surface area contributed by atoms with Crippen LogP contribution in [-0.4, -0.2) is 88.8 Å². The lowest BCUT2D eigenvalue weighted by Gasteiger charge is -2.24. The van der Waals surface area contributed by atoms with E-state index < -0.39 is 66.9 Å². The third-order valence-electron chi connectivity index (χ3n) is 5.03. The standard InChI is InChI=1S/C19H33N5O8/c20-8-2-1-4-12(17(29)23-13(19(31)32)6-7-15(26)27)22-18(30)14(10-25)24-16(28)11-5-3-9-21-11/h11-14,21,25H,1-10,20H2,(H,22,30)(H,23,29)(H,24,28)(H,26,27)(H,31,32). The Balaban J connectivity index is 2.80. The second kappa shape index (κ2) is 14.3. The first-order valence-corrected chi connectivity index (χ1v) is 10.6. The zero-order chi connectivity index (χ0) is 24.1. The maximum atomic E-state index is 12.6. The Bertz CT molecular complexity index is 668. The van der Waals surface area contributed by atoms with Gasteiger partial charge in [0.05, 0.1) is 12.6 Å². The number of nitrogens with two attached hydrogens (primary N) is 1. The van der Waals surface area contributed by atoms with E-state index in [9.17, 15) is 34.2 Å². The molecule has 32 heavy (non-hydrogen) atoms. The molecule has 0 saturated carbocycles. The number of aliphatic carboxylic acids is 2. The molecule has 0 aromatic carbocycles. The van der Waals surface area contributed by atoms with E-state index in [1.165, 1.54) is 0 Å². The highest BCUT2D eigenvalue weighted by atomic mass is 16.4. The molecule has 1 aliphatic rings. The molecule has 0 radical (unpaired) electrons. The van der Waals surface area contributed by atoms with Crippen LogP contribution in [0.2, 0.25) is 0 Å². The van der Waals surface area contributed by atoms with Crippen LogP contribution in [0.4, 0.5) is 0 Å². The lowest BCUT2D eigenvalue weighted by molar-refractivity contribution is -0.143. The van der Waals surface area contributed by atoms with Crippen LogP contribution >= 0.6 is 0 Å². The Morgan fingerprint density at radius 2 is 1.59 bits per heavy atom. The van der Waals surface area contributed by atoms with Gasteiger partial charge < -0.3 is 42.3 Å². The van der Waals surface area contributed by atoms with Gasteiger partial charge in [-0.25, -0.2) is 4.79 Å². The molecule has 4 atom stereocenters. The molecule has 9 N–H and O–H groups in total. The van der Waals surface area contributed by atoms with Gasteiger partial charge in [0.1, 0.15) is 18.1 Å². The van der Waals surface area contributed by atoms with Gasteiger partial charge in [-0.1, -0.05) is 0 Å². The third kappa shape index (κ3) is 9.58. The van der Waals surface area contributed by atoms with Crippen molar-refractivity contribution in [3.05, 3.63) is 0 Å². The molecular weight excluding hydrogens is 426 g/mol. The van der Waals surface area contributed by atoms with Gasteiger partial charge in [-0.05, 0) is 51.6 Å². The first-order chi connectivity index (χ1) is 15.2. The fourth-order valence-electron chi connectivity index (χ4n) is 3.21. The fourth-order valence-corrected chi connectivity index (χ4v) is 3.21. The topological polar surface area (TPSA) is 220 Å². The van der Waals surface area contributed by atoms with Crippen LogP contribution in [0.1, 0.15) is 44.9 Å². The number of carboxylic acids is 2. The summed E-state index contributed by atoms with van der Waals surface area (Å²) in [6.45, 7) is 0.324. The Morgan fingerprint density at radius 1 is 0.938 bits per heavy atom. The summed E-state index contributed by atoms with van der Waals surface area (Å²) in [4.78, 5) is 59.6. The van der Waals surface area contributed by atoms with Crippen molar-refractivity contribution >= 4 is 29.7 Å². The van der Waals surface area contributed by atoms with Crippen LogP contribution in [-0.2, 0) is 24.0 Å². The maximum absolute atomic E-state index is 12.6. The summed E-state index contributed by atoms with van der Waals surface area (Å²) < 4.78 is 0. The average molecular weight is 460 g/mol. The third-order valence-corrected chi connectivity index (χ3v) is 5.03. The number of carboxylic acid groups (broad SMARTS) is 2. The van der Waals surface area contributed by atoms with Crippen molar-refractivity contribution in [1.29, 1.82) is 0 Å². The largest absolute Gasteiger partial charge is 0.481 e. The van der Waals surface area contributed by atoms with Gasteiger partial charge in [-0.15, -0.1) is 0 Å². The number of carbonyl (C=O) groups is 5. The van der Waals surface area contributed by atoms with E-state index >= 15 is 0 Å². The molecular formula is C19H33N5O8. The number of nitrogens with one attached hydrogen (secondary N) is 4. The van der Waals surface area contributed by atoms with Crippen molar-refractivity contribution in [2.75, 3.05) is 19.7 Å². The number of unbranched alkanes of at least 4 members (excludes halogenated alkanes) is 1. The molecule has 4 unspecified atom stereocenters. The van der Waals surface area contributed by atoms with Crippen LogP contribution in [0.25, 0.3) is 0 Å². The Labute approximate surface area is 185 Å². The van der Waals surface area contributed by atoms with E-state index in [1.807, 2.05) is 0 Å². The van der Waals surface area contributed by atoms with Gasteiger partial charge in [-0.2, -0.15) is 0 Å². The number of hydrogen-bond acceptors (Lipinski definition) is 8. The van der Waals surface area contributed by atoms with Gasteiger partial charge in [0.2, 0.25) is 17.7 Å². The summed E-state index contributed by atoms with van der Waals surface area (Å²) in [6, 6.07) is -4.37. The highest BCUT2D eigenvalue weighted by Crippen LogP contribution is 2.07. The zero-order valence-corrected chi connectivity index (χ0v) is 17.8. The summed E-state index contributed by atoms with van der Waals surface area (Å²) in [5, 5.41) is 37.6. The van der Waals surface area contributed by atoms with Gasteiger partial charge in [-0.3, -0.25) is 19.2 Å². The van der Waals surface area contributed by atoms with Crippen molar-refractivity contribution in [3.8, 4) is 0 Å². The van der Waals surface area contributed by atoms with Crippen molar-refractivity contribution in [2.24, 2.45) is 5.73 Å². The fraction of sp³-hybridized carbons (Fsp3) is 0.737. The molecule has 182 valence electrons. The predicted molar refractivity (Wildman–Crippen MR) is 111 cm³/mol. The molecule has 1 heterocycles. The first kappa shape index (κ1) is 27.3. The summed E-state index contributed by atoms with van der Waals surface area (Å²) in [5.41, 5.74) is 5.46. The van der Waals surface area contributed by atoms with E-state index in [-0.39, 0.29) is 12.8 Å². The van der Waals surface area contributed by atoms with E-state index in [1.54, 1.807) is 0 Å². The highest BCUT2D eigenvalue weighted by molar-refractivity contribution is 5.94. The zero-order valence-electron chi connectivity index (χ0n) is 17.8. The summed E-state index contributed by atoms with van der Waals surface area (Å²) in [5.74, 6) is -4.67. The van der Waals surface area contributed by atoms with Gasteiger partial charge in [0.25, 0.3) is 0 Å². The Hall–Kier alpha value is -2.77. The molecule has 1 rings (SSSR count). The van der Waals surface area contributed by atoms with Crippen molar-refractivity contribution in [2.45, 2.75) is 69.1 Å². The van der Waals surface area contributed by atoms with Crippen LogP contribution in [0.5, 0.6) is 0 Å². The molecule has 1 aliphatic heterocycles. The lowest BCUT2D eigenvalue weighted by atomic mass is 10.1. The van der Waals surface area contributed by atoms with Crippen molar-refractivity contribution < 1.29 is 39.3 Å². The number of aliphatic hydroxyl groups is 1. The van der Waals surface area contributed by atoms with E-state index in [0.29, 0.717) is 32.4 Å². The molecule has 0 aromatic heterocycles. The normalized spacial score (nSPS) is 18.2. The molecule has 13 heteroatoms. The number of hydrogen-bond donors (Lipinski definition) is 8. The molecule has 13 nitrogen and oxygen atoms in total. The second-order valence-electron chi connectivity index (χ2n) is 7.57. The molecule has 0 aliphatic carbocycles. The summed E-state index contributed by atoms with van der Waals surface area (Å²) in [6.07, 6.45) is 1.75. The minimum Gasteiger partial charge on any atom is -0.481 e. The summed E-state index contributed by atoms with van der Waals surface area (Å²) >= 11 is 0. The minimum atomic E-state index is -1.45. The molecule has 1 saturated heterocycles.